The van der Waals surface area contributed by atoms with E-state index in [1.807, 2.05) is 0 Å². The van der Waals surface area contributed by atoms with Gasteiger partial charge in [-0.25, -0.2) is 23.2 Å². The van der Waals surface area contributed by atoms with Crippen LogP contribution in [-0.2, 0) is 37.2 Å². The minimum Gasteiger partial charge on any atom is -0.390 e. The fourth-order valence-electron chi connectivity index (χ4n) is 3.13. The monoisotopic (exact) mass is 516 g/mol. The number of aliphatic hydroxyl groups excluding tert-OH is 1. The lowest BCUT2D eigenvalue weighted by Gasteiger charge is -2.25. The number of hydrogen-bond donors (Lipinski definition) is 6. The molecular weight excluding hydrogens is 497 g/mol. The van der Waals surface area contributed by atoms with E-state index >= 15 is 0 Å². The standard InChI is InChI=1S/C13H19N4O12P3/c1-2-13(11-4-3-8-12(14)15-7-16-17(8)11)5-9(18)10(27-13)6-26-31(22,23)29-32(24,25)28-30(19,20)21/h2-4,7,9-10,18H,1,5-6H2,(H,22,23)(H,24,25)(H2,14,15,16)(H2,19,20,21)/t9-,10+,13+/m0/s1. The largest absolute Gasteiger partial charge is 0.490 e. The Morgan fingerprint density at radius 3 is 2.56 bits per heavy atom. The van der Waals surface area contributed by atoms with Gasteiger partial charge in [-0.05, 0) is 12.1 Å². The lowest BCUT2D eigenvalue weighted by atomic mass is 9.94. The summed E-state index contributed by atoms with van der Waals surface area (Å²) in [7, 11) is -16.6. The molecule has 0 saturated carbocycles. The fraction of sp³-hybridized carbons (Fsp3) is 0.385. The van der Waals surface area contributed by atoms with Crippen molar-refractivity contribution in [1.29, 1.82) is 0 Å². The SMILES string of the molecule is C=C[C@]1(c2ccc3c(N)ncnn23)C[C@H](O)[C@@H](COP(=O)(O)OP(=O)(O)OP(=O)(O)O)O1. The van der Waals surface area contributed by atoms with Crippen LogP contribution in [0.4, 0.5) is 5.82 Å². The Bertz CT molecular complexity index is 1170. The third-order valence-electron chi connectivity index (χ3n) is 4.37. The van der Waals surface area contributed by atoms with Gasteiger partial charge in [0.15, 0.2) is 5.82 Å². The van der Waals surface area contributed by atoms with E-state index in [1.165, 1.54) is 16.9 Å². The molecule has 3 rings (SSSR count). The molecule has 2 unspecified atom stereocenters. The summed E-state index contributed by atoms with van der Waals surface area (Å²) in [6, 6.07) is 3.23. The Morgan fingerprint density at radius 2 is 1.94 bits per heavy atom. The summed E-state index contributed by atoms with van der Waals surface area (Å²) in [6.45, 7) is 2.89. The molecule has 1 aliphatic heterocycles. The normalized spacial score (nSPS) is 27.8. The Balaban J connectivity index is 1.75. The molecule has 7 N–H and O–H groups in total. The third-order valence-corrected chi connectivity index (χ3v) is 8.17. The minimum atomic E-state index is -5.67. The zero-order valence-corrected chi connectivity index (χ0v) is 18.6. The maximum Gasteiger partial charge on any atom is 0.490 e. The zero-order chi connectivity index (χ0) is 23.9. The topological polar surface area (TPSA) is 245 Å². The van der Waals surface area contributed by atoms with Gasteiger partial charge in [0.2, 0.25) is 0 Å². The Morgan fingerprint density at radius 1 is 1.25 bits per heavy atom. The summed E-state index contributed by atoms with van der Waals surface area (Å²) >= 11 is 0. The molecule has 5 atom stereocenters. The van der Waals surface area contributed by atoms with Crippen LogP contribution in [0.1, 0.15) is 12.1 Å². The molecule has 16 nitrogen and oxygen atoms in total. The molecule has 1 fully saturated rings. The number of ether oxygens (including phenoxy) is 1. The van der Waals surface area contributed by atoms with Crippen LogP contribution in [0.5, 0.6) is 0 Å². The summed E-state index contributed by atoms with van der Waals surface area (Å²) in [4.78, 5) is 39.7. The summed E-state index contributed by atoms with van der Waals surface area (Å²) in [5.41, 5.74) is 5.36. The quantitative estimate of drug-likeness (QED) is 0.192. The van der Waals surface area contributed by atoms with Gasteiger partial charge in [-0.1, -0.05) is 12.7 Å². The van der Waals surface area contributed by atoms with E-state index in [9.17, 15) is 28.6 Å². The van der Waals surface area contributed by atoms with E-state index in [2.05, 4.69) is 29.8 Å². The smallest absolute Gasteiger partial charge is 0.390 e. The van der Waals surface area contributed by atoms with Crippen molar-refractivity contribution in [2.75, 3.05) is 12.3 Å². The number of fused-ring (bicyclic) bond motifs is 1. The second-order valence-corrected chi connectivity index (χ2v) is 11.0. The van der Waals surface area contributed by atoms with E-state index in [-0.39, 0.29) is 12.2 Å². The van der Waals surface area contributed by atoms with Crippen LogP contribution < -0.4 is 5.73 Å². The van der Waals surface area contributed by atoms with Gasteiger partial charge in [0.05, 0.1) is 18.4 Å². The number of anilines is 1. The van der Waals surface area contributed by atoms with Crippen molar-refractivity contribution in [1.82, 2.24) is 14.6 Å². The molecule has 0 bridgehead atoms. The molecule has 0 aliphatic carbocycles. The number of rotatable bonds is 9. The van der Waals surface area contributed by atoms with Crippen molar-refractivity contribution < 1.29 is 56.3 Å². The highest BCUT2D eigenvalue weighted by atomic mass is 31.3. The number of phosphoric acid groups is 3. The first kappa shape index (κ1) is 25.1. The molecule has 0 aromatic carbocycles. The first-order chi connectivity index (χ1) is 14.7. The van der Waals surface area contributed by atoms with E-state index in [1.54, 1.807) is 12.1 Å². The average molecular weight is 516 g/mol. The van der Waals surface area contributed by atoms with Crippen LogP contribution in [0.2, 0.25) is 0 Å². The molecular formula is C13H19N4O12P3. The second-order valence-electron chi connectivity index (χ2n) is 6.57. The van der Waals surface area contributed by atoms with E-state index in [0.717, 1.165) is 0 Å². The van der Waals surface area contributed by atoms with E-state index < -0.39 is 47.9 Å². The highest BCUT2D eigenvalue weighted by Crippen LogP contribution is 2.66. The highest BCUT2D eigenvalue weighted by Gasteiger charge is 2.48. The van der Waals surface area contributed by atoms with Crippen LogP contribution >= 0.6 is 23.5 Å². The summed E-state index contributed by atoms with van der Waals surface area (Å²) < 4.78 is 53.0. The Hall–Kier alpha value is -1.51. The first-order valence-corrected chi connectivity index (χ1v) is 13.1. The van der Waals surface area contributed by atoms with Crippen LogP contribution in [-0.4, -0.2) is 58.1 Å². The van der Waals surface area contributed by atoms with Crippen LogP contribution in [0.15, 0.2) is 31.1 Å². The first-order valence-electron chi connectivity index (χ1n) is 8.53. The van der Waals surface area contributed by atoms with Gasteiger partial charge < -0.3 is 35.2 Å². The number of nitrogens with zero attached hydrogens (tertiary/aromatic N) is 3. The van der Waals surface area contributed by atoms with Gasteiger partial charge in [0.25, 0.3) is 0 Å². The molecule has 178 valence electrons. The van der Waals surface area contributed by atoms with Gasteiger partial charge in [-0.3, -0.25) is 4.52 Å². The molecule has 1 aliphatic rings. The van der Waals surface area contributed by atoms with Crippen molar-refractivity contribution in [3.05, 3.63) is 36.8 Å². The van der Waals surface area contributed by atoms with Crippen LogP contribution in [0, 0.1) is 0 Å². The molecule has 0 spiro atoms. The molecule has 1 saturated heterocycles. The van der Waals surface area contributed by atoms with Crippen LogP contribution in [0.25, 0.3) is 5.52 Å². The van der Waals surface area contributed by atoms with Crippen molar-refractivity contribution in [2.24, 2.45) is 0 Å². The molecule has 32 heavy (non-hydrogen) atoms. The Labute approximate surface area is 179 Å². The molecule has 2 aromatic rings. The van der Waals surface area contributed by atoms with Gasteiger partial charge in [-0.2, -0.15) is 13.7 Å². The lowest BCUT2D eigenvalue weighted by Crippen LogP contribution is -2.28. The highest BCUT2D eigenvalue weighted by molar-refractivity contribution is 7.66. The third kappa shape index (κ3) is 5.51. The average Bonchev–Trinajstić information content (AvgIpc) is 3.20. The lowest BCUT2D eigenvalue weighted by molar-refractivity contribution is -0.0542. The molecule has 0 radical (unpaired) electrons. The Kier molecular flexibility index (Phi) is 6.82. The van der Waals surface area contributed by atoms with Crippen LogP contribution in [0.3, 0.4) is 0 Å². The summed E-state index contributed by atoms with van der Waals surface area (Å²) in [5, 5.41) is 14.5. The summed E-state index contributed by atoms with van der Waals surface area (Å²) in [5.74, 6) is 0.188. The van der Waals surface area contributed by atoms with Gasteiger partial charge in [-0.15, -0.1) is 0 Å². The van der Waals surface area contributed by atoms with Crippen molar-refractivity contribution in [2.45, 2.75) is 24.2 Å². The van der Waals surface area contributed by atoms with E-state index in [4.69, 9.17) is 20.3 Å². The number of aromatic nitrogens is 3. The number of phosphoric ester groups is 1. The number of nitrogens with two attached hydrogens (primary N) is 1. The minimum absolute atomic E-state index is 0.0725. The number of nitrogen functional groups attached to an aromatic ring is 1. The maximum absolute atomic E-state index is 11.9. The predicted octanol–water partition coefficient (Wildman–Crippen LogP) is 0.186. The predicted molar refractivity (Wildman–Crippen MR) is 105 cm³/mol. The summed E-state index contributed by atoms with van der Waals surface area (Å²) in [6.07, 6.45) is 0.00596. The fourth-order valence-corrected chi connectivity index (χ4v) is 6.16. The van der Waals surface area contributed by atoms with Crippen molar-refractivity contribution in [3.63, 3.8) is 0 Å². The van der Waals surface area contributed by atoms with Gasteiger partial charge in [0.1, 0.15) is 23.5 Å². The zero-order valence-electron chi connectivity index (χ0n) is 15.9. The molecule has 2 aromatic heterocycles. The van der Waals surface area contributed by atoms with E-state index in [0.29, 0.717) is 11.2 Å². The number of hydrogen-bond acceptors (Lipinski definition) is 11. The number of aliphatic hydroxyl groups is 1. The van der Waals surface area contributed by atoms with Gasteiger partial charge in [0, 0.05) is 6.42 Å². The maximum atomic E-state index is 11.9. The second kappa shape index (κ2) is 8.69. The van der Waals surface area contributed by atoms with Gasteiger partial charge >= 0.3 is 23.5 Å². The molecule has 19 heteroatoms. The molecule has 0 amide bonds. The molecule has 3 heterocycles. The van der Waals surface area contributed by atoms with Crippen molar-refractivity contribution in [3.8, 4) is 0 Å². The van der Waals surface area contributed by atoms with Crippen molar-refractivity contribution >= 4 is 34.8 Å².